The molecule has 0 aliphatic carbocycles. The molecule has 188 valence electrons. The number of nitrogens with zero attached hydrogens (tertiary/aromatic N) is 1. The predicted octanol–water partition coefficient (Wildman–Crippen LogP) is 4.56. The lowest BCUT2D eigenvalue weighted by atomic mass is 9.93. The van der Waals surface area contributed by atoms with Crippen LogP contribution in [0.2, 0.25) is 0 Å². The minimum atomic E-state index is -0.968. The van der Waals surface area contributed by atoms with Crippen molar-refractivity contribution >= 4 is 17.9 Å². The molecule has 0 saturated heterocycles. The largest absolute Gasteiger partial charge is 0.444 e. The molecule has 3 amide bonds. The number of carbonyl (C=O) groups is 3. The van der Waals surface area contributed by atoms with E-state index in [1.165, 1.54) is 4.90 Å². The number of unbranched alkanes of at least 4 members (excludes halogenated alkanes) is 2. The topological polar surface area (TPSA) is 87.7 Å². The van der Waals surface area contributed by atoms with Crippen molar-refractivity contribution in [2.24, 2.45) is 0 Å². The number of terminal acetylenes is 1. The summed E-state index contributed by atoms with van der Waals surface area (Å²) < 4.78 is 5.30. The highest BCUT2D eigenvalue weighted by Gasteiger charge is 2.41. The van der Waals surface area contributed by atoms with Crippen LogP contribution in [0.1, 0.15) is 91.8 Å². The van der Waals surface area contributed by atoms with Crippen LogP contribution in [0.5, 0.6) is 0 Å². The quantitative estimate of drug-likeness (QED) is 0.408. The molecule has 2 unspecified atom stereocenters. The Hall–Kier alpha value is -3.01. The molecule has 0 aromatic heterocycles. The van der Waals surface area contributed by atoms with Gasteiger partial charge in [0.05, 0.1) is 0 Å². The fourth-order valence-electron chi connectivity index (χ4n) is 3.55. The van der Waals surface area contributed by atoms with Crippen LogP contribution in [0.25, 0.3) is 0 Å². The van der Waals surface area contributed by atoms with Crippen molar-refractivity contribution in [3.8, 4) is 12.3 Å². The number of amides is 3. The van der Waals surface area contributed by atoms with E-state index >= 15 is 0 Å². The first-order chi connectivity index (χ1) is 15.7. The van der Waals surface area contributed by atoms with Crippen LogP contribution in [-0.4, -0.2) is 46.5 Å². The van der Waals surface area contributed by atoms with Gasteiger partial charge in [-0.3, -0.25) is 9.59 Å². The Labute approximate surface area is 205 Å². The molecule has 7 heteroatoms. The second kappa shape index (κ2) is 12.5. The van der Waals surface area contributed by atoms with Gasteiger partial charge in [-0.25, -0.2) is 4.79 Å². The van der Waals surface area contributed by atoms with E-state index in [1.807, 2.05) is 20.8 Å². The lowest BCUT2D eigenvalue weighted by Gasteiger charge is -2.42. The zero-order valence-electron chi connectivity index (χ0n) is 22.0. The standard InChI is InChI=1S/C27H41N3O4/c1-10-12-15-18-28-23(31)22(21-17-14-13-16-20(21)11-2)30(26(4,5)6)24(32)19(3)29-25(33)34-27(7,8)9/h2,13-14,16-17,19,22H,10,12,15,18H2,1,3-9H3,(H,28,31)(H,29,33). The molecular weight excluding hydrogens is 430 g/mol. The molecule has 0 spiro atoms. The molecule has 1 aromatic rings. The summed E-state index contributed by atoms with van der Waals surface area (Å²) in [7, 11) is 0. The maximum Gasteiger partial charge on any atom is 0.408 e. The Morgan fingerprint density at radius 1 is 1.09 bits per heavy atom. The summed E-state index contributed by atoms with van der Waals surface area (Å²) in [5.41, 5.74) is -0.367. The van der Waals surface area contributed by atoms with Crippen molar-refractivity contribution in [3.05, 3.63) is 35.4 Å². The van der Waals surface area contributed by atoms with Gasteiger partial charge in [0.2, 0.25) is 11.8 Å². The van der Waals surface area contributed by atoms with E-state index in [4.69, 9.17) is 11.2 Å². The van der Waals surface area contributed by atoms with Crippen molar-refractivity contribution < 1.29 is 19.1 Å². The summed E-state index contributed by atoms with van der Waals surface area (Å²) >= 11 is 0. The third-order valence-corrected chi connectivity index (χ3v) is 5.06. The van der Waals surface area contributed by atoms with Gasteiger partial charge in [0.1, 0.15) is 17.7 Å². The van der Waals surface area contributed by atoms with E-state index in [0.29, 0.717) is 17.7 Å². The fraction of sp³-hybridized carbons (Fsp3) is 0.593. The summed E-state index contributed by atoms with van der Waals surface area (Å²) in [6.45, 7) is 15.0. The Kier molecular flexibility index (Phi) is 10.6. The number of rotatable bonds is 9. The molecule has 0 heterocycles. The molecule has 2 atom stereocenters. The maximum absolute atomic E-state index is 13.7. The van der Waals surface area contributed by atoms with E-state index in [2.05, 4.69) is 23.5 Å². The van der Waals surface area contributed by atoms with Gasteiger partial charge < -0.3 is 20.3 Å². The highest BCUT2D eigenvalue weighted by molar-refractivity contribution is 5.92. The van der Waals surface area contributed by atoms with E-state index in [1.54, 1.807) is 52.0 Å². The highest BCUT2D eigenvalue weighted by Crippen LogP contribution is 2.31. The molecule has 1 aromatic carbocycles. The van der Waals surface area contributed by atoms with Gasteiger partial charge in [0.15, 0.2) is 0 Å². The predicted molar refractivity (Wildman–Crippen MR) is 135 cm³/mol. The lowest BCUT2D eigenvalue weighted by molar-refractivity contribution is -0.148. The minimum Gasteiger partial charge on any atom is -0.444 e. The molecule has 1 rings (SSSR count). The van der Waals surface area contributed by atoms with Crippen LogP contribution < -0.4 is 10.6 Å². The van der Waals surface area contributed by atoms with E-state index in [-0.39, 0.29) is 5.91 Å². The Balaban J connectivity index is 3.40. The Morgan fingerprint density at radius 3 is 2.24 bits per heavy atom. The number of alkyl carbamates (subject to hydrolysis) is 1. The van der Waals surface area contributed by atoms with Gasteiger partial charge in [-0.2, -0.15) is 0 Å². The van der Waals surface area contributed by atoms with E-state index in [9.17, 15) is 14.4 Å². The smallest absolute Gasteiger partial charge is 0.408 e. The number of hydrogen-bond acceptors (Lipinski definition) is 4. The molecule has 7 nitrogen and oxygen atoms in total. The molecule has 0 radical (unpaired) electrons. The molecule has 0 aliphatic heterocycles. The number of nitrogens with one attached hydrogen (secondary N) is 2. The maximum atomic E-state index is 13.7. The third-order valence-electron chi connectivity index (χ3n) is 5.06. The number of carbonyl (C=O) groups excluding carboxylic acids is 3. The minimum absolute atomic E-state index is 0.313. The van der Waals surface area contributed by atoms with Crippen molar-refractivity contribution in [2.75, 3.05) is 6.54 Å². The second-order valence-corrected chi connectivity index (χ2v) is 10.4. The van der Waals surface area contributed by atoms with Crippen molar-refractivity contribution in [2.45, 2.75) is 97.9 Å². The van der Waals surface area contributed by atoms with Gasteiger partial charge in [0.25, 0.3) is 0 Å². The fourth-order valence-corrected chi connectivity index (χ4v) is 3.55. The van der Waals surface area contributed by atoms with Crippen LogP contribution in [0, 0.1) is 12.3 Å². The molecule has 0 aliphatic rings. The molecular formula is C27H41N3O4. The second-order valence-electron chi connectivity index (χ2n) is 10.4. The molecule has 0 saturated carbocycles. The summed E-state index contributed by atoms with van der Waals surface area (Å²) in [5.74, 6) is 1.90. The third kappa shape index (κ3) is 8.74. The average molecular weight is 472 g/mol. The van der Waals surface area contributed by atoms with Crippen LogP contribution in [-0.2, 0) is 14.3 Å². The molecule has 0 fully saturated rings. The van der Waals surface area contributed by atoms with Crippen LogP contribution in [0.3, 0.4) is 0 Å². The number of benzene rings is 1. The Morgan fingerprint density at radius 2 is 1.71 bits per heavy atom. The molecule has 0 bridgehead atoms. The van der Waals surface area contributed by atoms with Gasteiger partial charge in [0, 0.05) is 17.6 Å². The van der Waals surface area contributed by atoms with Crippen LogP contribution in [0.15, 0.2) is 24.3 Å². The van der Waals surface area contributed by atoms with Gasteiger partial charge in [-0.15, -0.1) is 6.42 Å². The summed E-state index contributed by atoms with van der Waals surface area (Å²) in [6.07, 6.45) is 7.89. The van der Waals surface area contributed by atoms with Crippen molar-refractivity contribution in [1.29, 1.82) is 0 Å². The summed E-state index contributed by atoms with van der Waals surface area (Å²) in [4.78, 5) is 41.0. The Bertz CT molecular complexity index is 890. The van der Waals surface area contributed by atoms with Crippen molar-refractivity contribution in [3.63, 3.8) is 0 Å². The SMILES string of the molecule is C#Cc1ccccc1C(C(=O)NCCCCC)N(C(=O)C(C)NC(=O)OC(C)(C)C)C(C)(C)C. The van der Waals surface area contributed by atoms with Crippen LogP contribution in [0.4, 0.5) is 4.79 Å². The first-order valence-corrected chi connectivity index (χ1v) is 11.9. The van der Waals surface area contributed by atoms with E-state index < -0.39 is 35.2 Å². The van der Waals surface area contributed by atoms with Crippen molar-refractivity contribution in [1.82, 2.24) is 15.5 Å². The monoisotopic (exact) mass is 471 g/mol. The first kappa shape index (κ1) is 29.0. The van der Waals surface area contributed by atoms with Gasteiger partial charge in [-0.05, 0) is 66.5 Å². The van der Waals surface area contributed by atoms with Crippen LogP contribution >= 0.6 is 0 Å². The molecule has 34 heavy (non-hydrogen) atoms. The summed E-state index contributed by atoms with van der Waals surface area (Å²) in [6, 6.07) is 5.21. The van der Waals surface area contributed by atoms with E-state index in [0.717, 1.165) is 19.3 Å². The summed E-state index contributed by atoms with van der Waals surface area (Å²) in [5, 5.41) is 5.57. The van der Waals surface area contributed by atoms with Gasteiger partial charge >= 0.3 is 6.09 Å². The van der Waals surface area contributed by atoms with Gasteiger partial charge in [-0.1, -0.05) is 43.9 Å². The normalized spacial score (nSPS) is 13.3. The average Bonchev–Trinajstić information content (AvgIpc) is 2.72. The highest BCUT2D eigenvalue weighted by atomic mass is 16.6. The first-order valence-electron chi connectivity index (χ1n) is 11.9. The zero-order valence-corrected chi connectivity index (χ0v) is 22.0. The molecule has 2 N–H and O–H groups in total. The number of ether oxygens (including phenoxy) is 1. The lowest BCUT2D eigenvalue weighted by Crippen LogP contribution is -2.58. The number of hydrogen-bond donors (Lipinski definition) is 2. The zero-order chi connectivity index (χ0) is 26.1.